The summed E-state index contributed by atoms with van der Waals surface area (Å²) in [6.45, 7) is 2.95. The molecule has 0 aromatic carbocycles. The van der Waals surface area contributed by atoms with E-state index in [0.29, 0.717) is 0 Å². The molecule has 8 heteroatoms. The summed E-state index contributed by atoms with van der Waals surface area (Å²) < 4.78 is 0. The summed E-state index contributed by atoms with van der Waals surface area (Å²) in [5.41, 5.74) is 0. The van der Waals surface area contributed by atoms with Crippen LogP contribution in [0.2, 0.25) is 0 Å². The number of carbonyl (C=O) groups is 3. The van der Waals surface area contributed by atoms with Crippen LogP contribution in [-0.2, 0) is 14.4 Å². The van der Waals surface area contributed by atoms with Gasteiger partial charge in [0, 0.05) is 32.2 Å². The summed E-state index contributed by atoms with van der Waals surface area (Å²) in [5, 5.41) is 5.33. The lowest BCUT2D eigenvalue weighted by Gasteiger charge is -2.34. The van der Waals surface area contributed by atoms with Gasteiger partial charge in [0.1, 0.15) is 6.04 Å². The van der Waals surface area contributed by atoms with E-state index in [1.54, 1.807) is 43.7 Å². The van der Waals surface area contributed by atoms with Crippen LogP contribution >= 0.6 is 12.6 Å². The topological polar surface area (TPSA) is 81.8 Å². The standard InChI is InChI=1S/C14H27N4O3S/c1-9(19)15-7-11(17(3)4)14(21)13(16-10(2)20)12(8-22)18(5)6/h8,11-13,22H,7H2,1-6H3,(H,15,19)(H,16,20). The molecule has 0 saturated carbocycles. The first kappa shape index (κ1) is 20.9. The molecule has 0 aliphatic heterocycles. The molecule has 1 radical (unpaired) electrons. The van der Waals surface area contributed by atoms with Crippen molar-refractivity contribution in [2.24, 2.45) is 0 Å². The number of hydrogen-bond donors (Lipinski definition) is 3. The zero-order chi connectivity index (χ0) is 17.4. The number of ketones is 1. The van der Waals surface area contributed by atoms with Crippen LogP contribution in [0.25, 0.3) is 0 Å². The Balaban J connectivity index is 5.34. The van der Waals surface area contributed by atoms with Crippen LogP contribution in [-0.4, -0.2) is 80.3 Å². The second kappa shape index (κ2) is 9.81. The fraction of sp³-hybridized carbons (Fsp3) is 0.714. The molecular weight excluding hydrogens is 304 g/mol. The number of rotatable bonds is 9. The lowest BCUT2D eigenvalue weighted by molar-refractivity contribution is -0.131. The van der Waals surface area contributed by atoms with Gasteiger partial charge in [-0.2, -0.15) is 12.6 Å². The first-order valence-corrected chi connectivity index (χ1v) is 7.49. The number of hydrogen-bond acceptors (Lipinski definition) is 6. The third-order valence-corrected chi connectivity index (χ3v) is 3.56. The highest BCUT2D eigenvalue weighted by atomic mass is 32.1. The van der Waals surface area contributed by atoms with Gasteiger partial charge in [-0.25, -0.2) is 0 Å². The van der Waals surface area contributed by atoms with Gasteiger partial charge >= 0.3 is 0 Å². The highest BCUT2D eigenvalue weighted by Crippen LogP contribution is 2.12. The van der Waals surface area contributed by atoms with E-state index in [1.807, 2.05) is 0 Å². The number of Topliss-reactive ketones (excluding diaryl/α,β-unsaturated/α-hetero) is 1. The predicted octanol–water partition coefficient (Wildman–Crippen LogP) is -0.852. The predicted molar refractivity (Wildman–Crippen MR) is 89.5 cm³/mol. The normalized spacial score (nSPS) is 15.3. The van der Waals surface area contributed by atoms with Gasteiger partial charge in [0.2, 0.25) is 11.8 Å². The summed E-state index contributed by atoms with van der Waals surface area (Å²) in [5.74, 6) is 0.889. The van der Waals surface area contributed by atoms with Crippen LogP contribution in [0, 0.1) is 5.75 Å². The number of nitrogens with one attached hydrogen (secondary N) is 2. The molecule has 3 unspecified atom stereocenters. The Morgan fingerprint density at radius 1 is 1.05 bits per heavy atom. The molecule has 127 valence electrons. The molecule has 0 aliphatic rings. The van der Waals surface area contributed by atoms with Gasteiger partial charge in [-0.15, -0.1) is 0 Å². The van der Waals surface area contributed by atoms with Crippen LogP contribution in [0.1, 0.15) is 13.8 Å². The minimum atomic E-state index is -0.744. The van der Waals surface area contributed by atoms with E-state index >= 15 is 0 Å². The first-order valence-electron chi connectivity index (χ1n) is 6.97. The Morgan fingerprint density at radius 2 is 1.59 bits per heavy atom. The summed E-state index contributed by atoms with van der Waals surface area (Å²) in [4.78, 5) is 38.9. The van der Waals surface area contributed by atoms with Crippen molar-refractivity contribution < 1.29 is 14.4 Å². The number of amides is 2. The smallest absolute Gasteiger partial charge is 0.217 e. The molecule has 2 amide bonds. The molecule has 0 fully saturated rings. The number of likely N-dealkylation sites (N-methyl/N-ethyl adjacent to an activating group) is 2. The summed E-state index contributed by atoms with van der Waals surface area (Å²) in [6, 6.07) is -1.65. The van der Waals surface area contributed by atoms with Gasteiger partial charge < -0.3 is 15.5 Å². The lowest BCUT2D eigenvalue weighted by Crippen LogP contribution is -2.59. The third kappa shape index (κ3) is 6.76. The second-order valence-electron chi connectivity index (χ2n) is 5.60. The average Bonchev–Trinajstić information content (AvgIpc) is 2.36. The summed E-state index contributed by atoms with van der Waals surface area (Å²) >= 11 is 4.16. The quantitative estimate of drug-likeness (QED) is 0.480. The van der Waals surface area contributed by atoms with Crippen molar-refractivity contribution in [2.75, 3.05) is 34.7 Å². The summed E-state index contributed by atoms with van der Waals surface area (Å²) in [7, 11) is 7.12. The molecule has 0 aliphatic carbocycles. The van der Waals surface area contributed by atoms with Gasteiger partial charge in [-0.3, -0.25) is 19.3 Å². The van der Waals surface area contributed by atoms with Gasteiger partial charge in [0.15, 0.2) is 5.78 Å². The highest BCUT2D eigenvalue weighted by Gasteiger charge is 2.35. The van der Waals surface area contributed by atoms with Crippen LogP contribution in [0.5, 0.6) is 0 Å². The summed E-state index contributed by atoms with van der Waals surface area (Å²) in [6.07, 6.45) is 0. The fourth-order valence-corrected chi connectivity index (χ4v) is 2.49. The van der Waals surface area contributed by atoms with Crippen molar-refractivity contribution in [3.05, 3.63) is 5.75 Å². The highest BCUT2D eigenvalue weighted by molar-refractivity contribution is 7.82. The fourth-order valence-electron chi connectivity index (χ4n) is 2.05. The maximum atomic E-state index is 12.8. The SMILES string of the molecule is CC(=O)NCC(C(=O)C(NC(C)=O)C([CH]S)N(C)C)N(C)C. The van der Waals surface area contributed by atoms with Crippen molar-refractivity contribution >= 4 is 30.2 Å². The van der Waals surface area contributed by atoms with Gasteiger partial charge in [-0.05, 0) is 28.2 Å². The zero-order valence-electron chi connectivity index (χ0n) is 14.1. The molecule has 0 spiro atoms. The first-order chi connectivity index (χ1) is 10.1. The number of nitrogens with zero attached hydrogens (tertiary/aromatic N) is 2. The largest absolute Gasteiger partial charge is 0.354 e. The van der Waals surface area contributed by atoms with Crippen LogP contribution in [0.15, 0.2) is 0 Å². The second-order valence-corrected chi connectivity index (χ2v) is 5.90. The van der Waals surface area contributed by atoms with Gasteiger partial charge in [-0.1, -0.05) is 0 Å². The van der Waals surface area contributed by atoms with Crippen LogP contribution in [0.4, 0.5) is 0 Å². The molecule has 0 saturated heterocycles. The maximum absolute atomic E-state index is 12.8. The van der Waals surface area contributed by atoms with E-state index in [9.17, 15) is 14.4 Å². The molecule has 3 atom stereocenters. The molecule has 0 aromatic heterocycles. The Morgan fingerprint density at radius 3 is 1.91 bits per heavy atom. The van der Waals surface area contributed by atoms with E-state index in [1.165, 1.54) is 13.8 Å². The van der Waals surface area contributed by atoms with Crippen LogP contribution in [0.3, 0.4) is 0 Å². The molecule has 0 rings (SSSR count). The monoisotopic (exact) mass is 331 g/mol. The van der Waals surface area contributed by atoms with E-state index < -0.39 is 12.1 Å². The molecule has 0 bridgehead atoms. The number of thiol groups is 1. The zero-order valence-corrected chi connectivity index (χ0v) is 15.0. The van der Waals surface area contributed by atoms with E-state index in [4.69, 9.17) is 0 Å². The molecule has 2 N–H and O–H groups in total. The maximum Gasteiger partial charge on any atom is 0.217 e. The lowest BCUT2D eigenvalue weighted by atomic mass is 9.97. The van der Waals surface area contributed by atoms with Crippen molar-refractivity contribution in [1.29, 1.82) is 0 Å². The Hall–Kier alpha value is -1.12. The van der Waals surface area contributed by atoms with E-state index in [0.717, 1.165) is 0 Å². The Kier molecular flexibility index (Phi) is 9.31. The van der Waals surface area contributed by atoms with Gasteiger partial charge in [0.25, 0.3) is 0 Å². The molecule has 0 heterocycles. The van der Waals surface area contributed by atoms with Crippen molar-refractivity contribution in [3.8, 4) is 0 Å². The van der Waals surface area contributed by atoms with Gasteiger partial charge in [0.05, 0.1) is 6.04 Å². The minimum absolute atomic E-state index is 0.182. The van der Waals surface area contributed by atoms with E-state index in [-0.39, 0.29) is 30.2 Å². The molecule has 22 heavy (non-hydrogen) atoms. The number of carbonyl (C=O) groups excluding carboxylic acids is 3. The molecule has 0 aromatic rings. The average molecular weight is 331 g/mol. The van der Waals surface area contributed by atoms with E-state index in [2.05, 4.69) is 23.3 Å². The Labute approximate surface area is 138 Å². The Bertz CT molecular complexity index is 402. The molecular formula is C14H27N4O3S. The minimum Gasteiger partial charge on any atom is -0.354 e. The van der Waals surface area contributed by atoms with Crippen molar-refractivity contribution in [3.63, 3.8) is 0 Å². The van der Waals surface area contributed by atoms with Crippen molar-refractivity contribution in [1.82, 2.24) is 20.4 Å². The third-order valence-electron chi connectivity index (χ3n) is 3.25. The van der Waals surface area contributed by atoms with Crippen LogP contribution < -0.4 is 10.6 Å². The molecule has 7 nitrogen and oxygen atoms in total. The van der Waals surface area contributed by atoms with Crippen molar-refractivity contribution in [2.45, 2.75) is 32.0 Å².